The van der Waals surface area contributed by atoms with Gasteiger partial charge in [0.2, 0.25) is 5.95 Å². The van der Waals surface area contributed by atoms with Crippen LogP contribution in [0.1, 0.15) is 10.4 Å². The highest BCUT2D eigenvalue weighted by atomic mass is 16.5. The van der Waals surface area contributed by atoms with Crippen molar-refractivity contribution >= 4 is 60.6 Å². The predicted octanol–water partition coefficient (Wildman–Crippen LogP) is 11.4. The number of nitrogens with zero attached hydrogens (tertiary/aromatic N) is 3. The van der Waals surface area contributed by atoms with Crippen molar-refractivity contribution in [2.24, 2.45) is 0 Å². The fourth-order valence-electron chi connectivity index (χ4n) is 7.60. The van der Waals surface area contributed by atoms with Gasteiger partial charge < -0.3 is 9.15 Å². The van der Waals surface area contributed by atoms with Crippen molar-refractivity contribution in [2.75, 3.05) is 7.11 Å². The second-order valence-corrected chi connectivity index (χ2v) is 12.8. The molecule has 0 aliphatic carbocycles. The van der Waals surface area contributed by atoms with E-state index < -0.39 is 5.97 Å². The SMILES string of the molecule is COC(=O)c1ccccc1-c1cccc2c1oc1c(-c3ccccc3)nc(-n3c4ccccc4c4cc(-c5cccc6ccccc56)ccc43)nc12. The molecule has 10 aromatic rings. The van der Waals surface area contributed by atoms with Crippen LogP contribution in [-0.4, -0.2) is 27.6 Å². The van der Waals surface area contributed by atoms with E-state index >= 15 is 0 Å². The average Bonchev–Trinajstić information content (AvgIpc) is 3.76. The number of aromatic nitrogens is 3. The molecule has 52 heavy (non-hydrogen) atoms. The topological polar surface area (TPSA) is 70.2 Å². The average molecular weight is 672 g/mol. The van der Waals surface area contributed by atoms with Gasteiger partial charge in [-0.15, -0.1) is 0 Å². The molecule has 246 valence electrons. The van der Waals surface area contributed by atoms with E-state index in [4.69, 9.17) is 19.1 Å². The zero-order valence-corrected chi connectivity index (χ0v) is 28.1. The third-order valence-electron chi connectivity index (χ3n) is 9.97. The first-order valence-electron chi connectivity index (χ1n) is 17.2. The number of para-hydroxylation sites is 2. The van der Waals surface area contributed by atoms with Crippen LogP contribution >= 0.6 is 0 Å². The van der Waals surface area contributed by atoms with Gasteiger partial charge in [-0.2, -0.15) is 0 Å². The first-order chi connectivity index (χ1) is 25.7. The van der Waals surface area contributed by atoms with E-state index in [-0.39, 0.29) is 0 Å². The Kier molecular flexibility index (Phi) is 6.76. The van der Waals surface area contributed by atoms with Gasteiger partial charge in [0.25, 0.3) is 0 Å². The Balaban J connectivity index is 1.25. The standard InChI is InChI=1S/C46H29N3O3/c1-51-45(50)36-20-8-7-18-33(36)35-22-12-23-37-42-44(52-43(35)37)41(29-14-3-2-4-15-29)47-46(48-42)49-39-24-10-9-19-34(39)38-27-30(25-26-40(38)49)32-21-11-16-28-13-5-6-17-31(28)32/h2-27H,1H3. The van der Waals surface area contributed by atoms with Crippen molar-refractivity contribution in [1.82, 2.24) is 14.5 Å². The van der Waals surface area contributed by atoms with Crippen molar-refractivity contribution in [3.63, 3.8) is 0 Å². The highest BCUT2D eigenvalue weighted by molar-refractivity contribution is 6.14. The summed E-state index contributed by atoms with van der Waals surface area (Å²) in [4.78, 5) is 23.4. The van der Waals surface area contributed by atoms with Crippen molar-refractivity contribution in [3.05, 3.63) is 163 Å². The Morgan fingerprint density at radius 1 is 0.558 bits per heavy atom. The number of hydrogen-bond acceptors (Lipinski definition) is 5. The van der Waals surface area contributed by atoms with Crippen molar-refractivity contribution in [3.8, 4) is 39.5 Å². The zero-order chi connectivity index (χ0) is 34.8. The van der Waals surface area contributed by atoms with E-state index in [1.807, 2.05) is 66.7 Å². The van der Waals surface area contributed by atoms with Crippen LogP contribution < -0.4 is 0 Å². The molecule has 0 N–H and O–H groups in total. The second-order valence-electron chi connectivity index (χ2n) is 12.8. The lowest BCUT2D eigenvalue weighted by atomic mass is 9.97. The molecule has 7 aromatic carbocycles. The minimum Gasteiger partial charge on any atom is -0.465 e. The molecule has 0 aliphatic heterocycles. The fourth-order valence-corrected chi connectivity index (χ4v) is 7.60. The van der Waals surface area contributed by atoms with Gasteiger partial charge in [0.15, 0.2) is 5.58 Å². The lowest BCUT2D eigenvalue weighted by Gasteiger charge is -2.10. The third kappa shape index (κ3) is 4.55. The summed E-state index contributed by atoms with van der Waals surface area (Å²) in [5.74, 6) is 0.129. The summed E-state index contributed by atoms with van der Waals surface area (Å²) in [5, 5.41) is 5.48. The summed E-state index contributed by atoms with van der Waals surface area (Å²) in [6, 6.07) is 53.5. The molecule has 0 unspecified atom stereocenters. The molecule has 0 radical (unpaired) electrons. The normalized spacial score (nSPS) is 11.6. The predicted molar refractivity (Wildman–Crippen MR) is 209 cm³/mol. The number of benzene rings is 7. The summed E-state index contributed by atoms with van der Waals surface area (Å²) < 4.78 is 14.0. The minimum absolute atomic E-state index is 0.411. The Labute approximate surface area is 298 Å². The maximum atomic E-state index is 12.8. The number of ether oxygens (including phenoxy) is 1. The van der Waals surface area contributed by atoms with Crippen LogP contribution in [0.4, 0.5) is 0 Å². The summed E-state index contributed by atoms with van der Waals surface area (Å²) in [7, 11) is 1.39. The van der Waals surface area contributed by atoms with E-state index in [9.17, 15) is 4.79 Å². The van der Waals surface area contributed by atoms with Gasteiger partial charge in [-0.25, -0.2) is 14.8 Å². The lowest BCUT2D eigenvalue weighted by molar-refractivity contribution is 0.0601. The van der Waals surface area contributed by atoms with Gasteiger partial charge in [0, 0.05) is 27.3 Å². The van der Waals surface area contributed by atoms with E-state index in [2.05, 4.69) is 89.5 Å². The first-order valence-corrected chi connectivity index (χ1v) is 17.2. The van der Waals surface area contributed by atoms with Gasteiger partial charge in [-0.1, -0.05) is 127 Å². The molecule has 6 heteroatoms. The van der Waals surface area contributed by atoms with Crippen LogP contribution in [0.2, 0.25) is 0 Å². The van der Waals surface area contributed by atoms with Crippen molar-refractivity contribution in [2.45, 2.75) is 0 Å². The Hall–Kier alpha value is -7.05. The van der Waals surface area contributed by atoms with Crippen molar-refractivity contribution in [1.29, 1.82) is 0 Å². The van der Waals surface area contributed by atoms with Gasteiger partial charge in [-0.05, 0) is 57.8 Å². The number of rotatable bonds is 5. The lowest BCUT2D eigenvalue weighted by Crippen LogP contribution is -2.03. The first kappa shape index (κ1) is 29.8. The number of fused-ring (bicyclic) bond motifs is 7. The number of furan rings is 1. The Bertz CT molecular complexity index is 3030. The molecule has 10 rings (SSSR count). The molecule has 0 saturated heterocycles. The van der Waals surface area contributed by atoms with Gasteiger partial charge >= 0.3 is 5.97 Å². The summed E-state index contributed by atoms with van der Waals surface area (Å²) >= 11 is 0. The number of esters is 1. The van der Waals surface area contributed by atoms with Gasteiger partial charge in [0.05, 0.1) is 23.7 Å². The van der Waals surface area contributed by atoms with E-state index in [0.29, 0.717) is 33.9 Å². The number of hydrogen-bond donors (Lipinski definition) is 0. The van der Waals surface area contributed by atoms with E-state index in [1.54, 1.807) is 6.07 Å². The quantitative estimate of drug-likeness (QED) is 0.170. The second kappa shape index (κ2) is 11.8. The summed E-state index contributed by atoms with van der Waals surface area (Å²) in [5.41, 5.74) is 9.78. The molecule has 0 fully saturated rings. The number of carbonyl (C=O) groups excluding carboxylic acids is 1. The molecular weight excluding hydrogens is 643 g/mol. The van der Waals surface area contributed by atoms with Crippen LogP contribution in [0.25, 0.3) is 94.1 Å². The molecule has 0 saturated carbocycles. The highest BCUT2D eigenvalue weighted by Gasteiger charge is 2.24. The van der Waals surface area contributed by atoms with Crippen LogP contribution in [0.5, 0.6) is 0 Å². The van der Waals surface area contributed by atoms with Crippen LogP contribution in [0.15, 0.2) is 162 Å². The largest absolute Gasteiger partial charge is 0.465 e. The maximum Gasteiger partial charge on any atom is 0.338 e. The minimum atomic E-state index is -0.411. The zero-order valence-electron chi connectivity index (χ0n) is 28.1. The molecular formula is C46H29N3O3. The number of carbonyl (C=O) groups is 1. The molecule has 3 aromatic heterocycles. The van der Waals surface area contributed by atoms with Crippen LogP contribution in [0.3, 0.4) is 0 Å². The Morgan fingerprint density at radius 3 is 2.12 bits per heavy atom. The molecule has 0 amide bonds. The molecule has 3 heterocycles. The van der Waals surface area contributed by atoms with Gasteiger partial charge in [0.1, 0.15) is 16.8 Å². The molecule has 0 bridgehead atoms. The van der Waals surface area contributed by atoms with Crippen LogP contribution in [-0.2, 0) is 4.74 Å². The smallest absolute Gasteiger partial charge is 0.338 e. The van der Waals surface area contributed by atoms with Crippen molar-refractivity contribution < 1.29 is 13.9 Å². The summed E-state index contributed by atoms with van der Waals surface area (Å²) in [6.45, 7) is 0. The molecule has 0 spiro atoms. The number of methoxy groups -OCH3 is 1. The summed E-state index contributed by atoms with van der Waals surface area (Å²) in [6.07, 6.45) is 0. The fraction of sp³-hybridized carbons (Fsp3) is 0.0217. The highest BCUT2D eigenvalue weighted by Crippen LogP contribution is 2.41. The van der Waals surface area contributed by atoms with E-state index in [0.717, 1.165) is 49.4 Å². The third-order valence-corrected chi connectivity index (χ3v) is 9.97. The molecule has 6 nitrogen and oxygen atoms in total. The Morgan fingerprint density at radius 2 is 1.23 bits per heavy atom. The van der Waals surface area contributed by atoms with Crippen LogP contribution in [0, 0.1) is 0 Å². The molecule has 0 atom stereocenters. The van der Waals surface area contributed by atoms with Gasteiger partial charge in [-0.3, -0.25) is 4.57 Å². The molecule has 0 aliphatic rings. The maximum absolute atomic E-state index is 12.8. The monoisotopic (exact) mass is 671 g/mol. The van der Waals surface area contributed by atoms with E-state index in [1.165, 1.54) is 23.4 Å².